The molecule has 0 spiro atoms. The van der Waals surface area contributed by atoms with Gasteiger partial charge in [-0.1, -0.05) is 139 Å². The van der Waals surface area contributed by atoms with E-state index in [9.17, 15) is 9.90 Å². The Balaban J connectivity index is 1.22. The number of rotatable bonds is 18. The number of phenolic OH excluding ortho intramolecular Hbond substituents is 1. The molecule has 0 saturated heterocycles. The van der Waals surface area contributed by atoms with Gasteiger partial charge in [-0.05, 0) is 70.8 Å². The number of unbranched alkanes of at least 4 members (excludes halogenated alkanes) is 10. The van der Waals surface area contributed by atoms with Crippen molar-refractivity contribution in [2.24, 2.45) is 0 Å². The lowest BCUT2D eigenvalue weighted by atomic mass is 9.86. The first-order valence-corrected chi connectivity index (χ1v) is 19.3. The van der Waals surface area contributed by atoms with Gasteiger partial charge < -0.3 is 10.1 Å². The molecule has 1 atom stereocenters. The Kier molecular flexibility index (Phi) is 13.3. The first-order chi connectivity index (χ1) is 23.7. The molecule has 0 fully saturated rings. The third-order valence-electron chi connectivity index (χ3n) is 9.69. The van der Waals surface area contributed by atoms with Gasteiger partial charge in [-0.3, -0.25) is 9.36 Å². The van der Waals surface area contributed by atoms with Crippen LogP contribution < -0.4 is 5.56 Å². The van der Waals surface area contributed by atoms with E-state index in [0.29, 0.717) is 24.4 Å². The maximum absolute atomic E-state index is 13.8. The van der Waals surface area contributed by atoms with Crippen molar-refractivity contribution < 1.29 is 5.11 Å². The van der Waals surface area contributed by atoms with E-state index in [1.807, 2.05) is 18.3 Å². The highest BCUT2D eigenvalue weighted by Crippen LogP contribution is 2.28. The number of benzene rings is 3. The fourth-order valence-electron chi connectivity index (χ4n) is 6.61. The molecule has 3 aromatic carbocycles. The fraction of sp³-hybridized carbons (Fsp3) is 0.442. The molecule has 0 amide bonds. The Hall–Kier alpha value is -3.69. The number of aryl methyl sites for hydroxylation is 1. The molecule has 260 valence electrons. The number of aromatic nitrogens is 3. The molecule has 2 aliphatic rings. The first kappa shape index (κ1) is 36.6. The maximum atomic E-state index is 13.8. The molecule has 2 heterocycles. The van der Waals surface area contributed by atoms with Gasteiger partial charge in [0.15, 0.2) is 5.82 Å². The van der Waals surface area contributed by atoms with E-state index in [4.69, 9.17) is 4.98 Å². The normalized spacial score (nSPS) is 11.8. The summed E-state index contributed by atoms with van der Waals surface area (Å²) in [5, 5.41) is 9.82. The number of fused-ring (bicyclic) bond motifs is 1. The summed E-state index contributed by atoms with van der Waals surface area (Å²) >= 11 is 0. The summed E-state index contributed by atoms with van der Waals surface area (Å²) in [6.07, 6.45) is 20.2. The summed E-state index contributed by atoms with van der Waals surface area (Å²) in [4.78, 5) is 22.3. The highest BCUT2D eigenvalue weighted by molar-refractivity contribution is 7.16. The Labute approximate surface area is 296 Å². The van der Waals surface area contributed by atoms with E-state index in [2.05, 4.69) is 83.5 Å². The highest BCUT2D eigenvalue weighted by Gasteiger charge is 2.21. The van der Waals surface area contributed by atoms with Crippen LogP contribution in [0.25, 0.3) is 17.1 Å². The van der Waals surface area contributed by atoms with E-state index in [1.54, 1.807) is 16.7 Å². The van der Waals surface area contributed by atoms with Gasteiger partial charge in [0.05, 0.1) is 11.4 Å². The van der Waals surface area contributed by atoms with Crippen LogP contribution in [0.15, 0.2) is 83.8 Å². The largest absolute Gasteiger partial charge is 0.508 e. The van der Waals surface area contributed by atoms with E-state index in [-0.39, 0.29) is 16.7 Å². The Morgan fingerprint density at radius 3 is 1.82 bits per heavy atom. The fourth-order valence-corrected chi connectivity index (χ4v) is 6.90. The number of nitrogens with zero attached hydrogens (tertiary/aromatic N) is 2. The molecule has 2 N–H and O–H groups in total. The van der Waals surface area contributed by atoms with Crippen LogP contribution in [0.4, 0.5) is 0 Å². The molecule has 2 aliphatic heterocycles. The summed E-state index contributed by atoms with van der Waals surface area (Å²) in [7, 11) is 2.83. The Bertz CT molecular complexity index is 1750. The Morgan fingerprint density at radius 2 is 1.22 bits per heavy atom. The lowest BCUT2D eigenvalue weighted by molar-refractivity contribution is 0.475. The number of aromatic hydroxyl groups is 1. The molecule has 49 heavy (non-hydrogen) atoms. The number of nitrogens with one attached hydrogen (secondary N) is 1. The van der Waals surface area contributed by atoms with Crippen LogP contribution in [0.5, 0.6) is 5.75 Å². The van der Waals surface area contributed by atoms with Gasteiger partial charge >= 0.3 is 0 Å². The minimum absolute atomic E-state index is 0.0574. The lowest BCUT2D eigenvalue weighted by Gasteiger charge is -2.19. The summed E-state index contributed by atoms with van der Waals surface area (Å²) < 4.78 is 1.70. The van der Waals surface area contributed by atoms with Crippen LogP contribution >= 0.6 is 9.24 Å². The van der Waals surface area contributed by atoms with Crippen molar-refractivity contribution in [2.45, 2.75) is 116 Å². The van der Waals surface area contributed by atoms with Crippen LogP contribution in [0.3, 0.4) is 0 Å². The Morgan fingerprint density at radius 1 is 0.694 bits per heavy atom. The minimum Gasteiger partial charge on any atom is -0.508 e. The second-order valence-electron chi connectivity index (χ2n) is 14.8. The summed E-state index contributed by atoms with van der Waals surface area (Å²) in [6.45, 7) is 6.62. The van der Waals surface area contributed by atoms with E-state index >= 15 is 0 Å². The van der Waals surface area contributed by atoms with Gasteiger partial charge in [0.2, 0.25) is 0 Å². The molecule has 0 saturated carbocycles. The van der Waals surface area contributed by atoms with Gasteiger partial charge in [-0.25, -0.2) is 4.98 Å². The molecule has 5 nitrogen and oxygen atoms in total. The van der Waals surface area contributed by atoms with Crippen molar-refractivity contribution in [3.63, 3.8) is 0 Å². The first-order valence-electron chi connectivity index (χ1n) is 18.5. The van der Waals surface area contributed by atoms with E-state index in [0.717, 1.165) is 34.5 Å². The highest BCUT2D eigenvalue weighted by atomic mass is 31.0. The van der Waals surface area contributed by atoms with Gasteiger partial charge in [-0.2, -0.15) is 0 Å². The average Bonchev–Trinajstić information content (AvgIpc) is 3.41. The number of aromatic amines is 1. The maximum Gasteiger partial charge on any atom is 0.278 e. The standard InChI is InChI=1S/C43H56N3O2P/c1-43(2,3)36-24-22-35(23-25-36)40-31-46-41(38(44-40)29-34-20-26-37(47)27-21-34)45-39(42(46)48)30-33-18-16-32(17-19-33)15-13-11-9-7-5-4-6-8-10-12-14-28-49/h16-27,31,44,47H,4-15,28-30,49H2,1-3H3. The molecule has 0 bridgehead atoms. The molecule has 0 aromatic heterocycles. The van der Waals surface area contributed by atoms with E-state index < -0.39 is 0 Å². The molecule has 3 aromatic rings. The number of imidazole rings is 1. The van der Waals surface area contributed by atoms with Crippen LogP contribution in [-0.4, -0.2) is 25.8 Å². The molecular weight excluding hydrogens is 621 g/mol. The molecule has 0 aliphatic carbocycles. The average molecular weight is 678 g/mol. The number of hydrogen-bond donors (Lipinski definition) is 2. The van der Waals surface area contributed by atoms with Crippen molar-refractivity contribution in [3.05, 3.63) is 123 Å². The smallest absolute Gasteiger partial charge is 0.278 e. The zero-order valence-corrected chi connectivity index (χ0v) is 31.1. The molecule has 0 radical (unpaired) electrons. The van der Waals surface area contributed by atoms with Crippen molar-refractivity contribution in [2.75, 3.05) is 6.16 Å². The quantitative estimate of drug-likeness (QED) is 0.0716. The third-order valence-corrected chi connectivity index (χ3v) is 10.1. The molecule has 6 heteroatoms. The zero-order valence-electron chi connectivity index (χ0n) is 29.9. The van der Waals surface area contributed by atoms with Gasteiger partial charge in [0.1, 0.15) is 11.4 Å². The predicted octanol–water partition coefficient (Wildman–Crippen LogP) is 10.6. The third kappa shape index (κ3) is 10.6. The monoisotopic (exact) mass is 677 g/mol. The van der Waals surface area contributed by atoms with Crippen molar-refractivity contribution in [1.29, 1.82) is 0 Å². The molecular formula is C43H56N3O2P. The van der Waals surface area contributed by atoms with E-state index in [1.165, 1.54) is 87.9 Å². The van der Waals surface area contributed by atoms with Crippen LogP contribution in [0.1, 0.15) is 125 Å². The lowest BCUT2D eigenvalue weighted by Crippen LogP contribution is -2.18. The number of H-pyrrole nitrogens is 1. The number of hydrogen-bond acceptors (Lipinski definition) is 3. The zero-order chi connectivity index (χ0) is 34.6. The van der Waals surface area contributed by atoms with Crippen LogP contribution in [0, 0.1) is 0 Å². The van der Waals surface area contributed by atoms with Crippen molar-refractivity contribution in [3.8, 4) is 22.8 Å². The van der Waals surface area contributed by atoms with Gasteiger partial charge in [-0.15, -0.1) is 9.24 Å². The van der Waals surface area contributed by atoms with Gasteiger partial charge in [0.25, 0.3) is 5.56 Å². The SMILES string of the molecule is CC(C)(C)c1ccc(-c2cn3c(=O)c(Cc4ccc(CCCCCCCCCCCCCP)cc4)nc-3c(Cc3ccc(O)cc3)[nH]2)cc1. The van der Waals surface area contributed by atoms with Crippen molar-refractivity contribution in [1.82, 2.24) is 14.5 Å². The van der Waals surface area contributed by atoms with Crippen molar-refractivity contribution >= 4 is 9.24 Å². The molecule has 1 unspecified atom stereocenters. The summed E-state index contributed by atoms with van der Waals surface area (Å²) in [6, 6.07) is 24.5. The van der Waals surface area contributed by atoms with Crippen LogP contribution in [-0.2, 0) is 24.7 Å². The predicted molar refractivity (Wildman–Crippen MR) is 209 cm³/mol. The summed E-state index contributed by atoms with van der Waals surface area (Å²) in [5.41, 5.74) is 8.01. The second-order valence-corrected chi connectivity index (χ2v) is 15.4. The molecule has 5 rings (SSSR count). The van der Waals surface area contributed by atoms with Crippen LogP contribution in [0.2, 0.25) is 0 Å². The minimum atomic E-state index is -0.0803. The van der Waals surface area contributed by atoms with Gasteiger partial charge in [0, 0.05) is 19.0 Å². The summed E-state index contributed by atoms with van der Waals surface area (Å²) in [5.74, 6) is 0.876. The number of phenols is 1. The topological polar surface area (TPSA) is 70.9 Å². The second kappa shape index (κ2) is 17.8.